The number of hydrogen-bond acceptors (Lipinski definition) is 8. The van der Waals surface area contributed by atoms with Crippen molar-refractivity contribution in [3.63, 3.8) is 0 Å². The highest BCUT2D eigenvalue weighted by Gasteiger charge is 2.51. The molecule has 5 atom stereocenters. The Kier molecular flexibility index (Phi) is 7.68. The van der Waals surface area contributed by atoms with Gasteiger partial charge in [0.05, 0.1) is 31.0 Å². The summed E-state index contributed by atoms with van der Waals surface area (Å²) in [6.45, 7) is 5.07. The number of aromatic nitrogens is 1. The SMILES string of the molecule is CCCC1(C[C@@H]2C[C@H](/C=C/c3ccc(OS(=O)(=O)C(F)(F)F)cn3)[C@@H]3[C@@H](C)OC(=O)[C@@H]3C2)OCCO1. The molecule has 36 heavy (non-hydrogen) atoms. The average Bonchev–Trinajstić information content (AvgIpc) is 3.36. The molecule has 0 spiro atoms. The maximum Gasteiger partial charge on any atom is 0.534 e. The Hall–Kier alpha value is -2.18. The lowest BCUT2D eigenvalue weighted by Gasteiger charge is -2.39. The molecule has 12 heteroatoms. The number of ether oxygens (including phenoxy) is 3. The third kappa shape index (κ3) is 5.70. The van der Waals surface area contributed by atoms with Gasteiger partial charge in [0.25, 0.3) is 0 Å². The molecule has 200 valence electrons. The third-order valence-electron chi connectivity index (χ3n) is 7.11. The van der Waals surface area contributed by atoms with E-state index in [9.17, 15) is 26.4 Å². The van der Waals surface area contributed by atoms with Crippen molar-refractivity contribution in [2.24, 2.45) is 23.7 Å². The van der Waals surface area contributed by atoms with Crippen molar-refractivity contribution in [3.05, 3.63) is 30.1 Å². The monoisotopic (exact) mass is 533 g/mol. The molecule has 1 aromatic rings. The normalized spacial score (nSPS) is 30.4. The molecule has 3 aliphatic rings. The molecular weight excluding hydrogens is 503 g/mol. The highest BCUT2D eigenvalue weighted by atomic mass is 32.2. The molecule has 4 rings (SSSR count). The molecule has 0 aromatic carbocycles. The summed E-state index contributed by atoms with van der Waals surface area (Å²) in [5, 5.41) is 0. The van der Waals surface area contributed by atoms with E-state index in [2.05, 4.69) is 16.1 Å². The number of esters is 1. The number of carbonyl (C=O) groups is 1. The fourth-order valence-electron chi connectivity index (χ4n) is 5.72. The van der Waals surface area contributed by atoms with Crippen LogP contribution in [0.2, 0.25) is 0 Å². The van der Waals surface area contributed by atoms with Crippen LogP contribution in [0.1, 0.15) is 51.6 Å². The second-order valence-corrected chi connectivity index (χ2v) is 11.2. The first-order chi connectivity index (χ1) is 16.9. The van der Waals surface area contributed by atoms with Gasteiger partial charge in [-0.15, -0.1) is 0 Å². The maximum atomic E-state index is 12.6. The fraction of sp³-hybridized carbons (Fsp3) is 0.667. The topological polar surface area (TPSA) is 101 Å². The quantitative estimate of drug-likeness (QED) is 0.274. The van der Waals surface area contributed by atoms with E-state index in [1.165, 1.54) is 6.07 Å². The zero-order chi connectivity index (χ0) is 26.1. The number of pyridine rings is 1. The van der Waals surface area contributed by atoms with Crippen LogP contribution >= 0.6 is 0 Å². The van der Waals surface area contributed by atoms with E-state index in [-0.39, 0.29) is 35.7 Å². The molecule has 0 N–H and O–H groups in total. The van der Waals surface area contributed by atoms with Crippen molar-refractivity contribution in [2.45, 2.75) is 63.4 Å². The Morgan fingerprint density at radius 1 is 1.22 bits per heavy atom. The van der Waals surface area contributed by atoms with Gasteiger partial charge in [0.15, 0.2) is 11.5 Å². The Morgan fingerprint density at radius 3 is 2.56 bits per heavy atom. The van der Waals surface area contributed by atoms with E-state index in [0.29, 0.717) is 31.7 Å². The van der Waals surface area contributed by atoms with Crippen molar-refractivity contribution < 1.29 is 44.8 Å². The summed E-state index contributed by atoms with van der Waals surface area (Å²) in [4.78, 5) is 16.6. The third-order valence-corrected chi connectivity index (χ3v) is 8.08. The van der Waals surface area contributed by atoms with E-state index in [0.717, 1.165) is 31.5 Å². The van der Waals surface area contributed by atoms with Crippen LogP contribution in [0, 0.1) is 23.7 Å². The Labute approximate surface area is 208 Å². The molecule has 2 aliphatic heterocycles. The fourth-order valence-corrected chi connectivity index (χ4v) is 6.17. The molecule has 0 unspecified atom stereocenters. The molecule has 3 fully saturated rings. The Balaban J connectivity index is 1.49. The summed E-state index contributed by atoms with van der Waals surface area (Å²) >= 11 is 0. The zero-order valence-electron chi connectivity index (χ0n) is 20.1. The van der Waals surface area contributed by atoms with Crippen LogP contribution in [-0.2, 0) is 29.1 Å². The summed E-state index contributed by atoms with van der Waals surface area (Å²) in [5.41, 5.74) is -5.12. The maximum absolute atomic E-state index is 12.6. The van der Waals surface area contributed by atoms with Crippen molar-refractivity contribution in [2.75, 3.05) is 13.2 Å². The molecule has 0 amide bonds. The van der Waals surface area contributed by atoms with Gasteiger partial charge in [-0.1, -0.05) is 19.4 Å². The summed E-state index contributed by atoms with van der Waals surface area (Å²) in [6.07, 6.45) is 8.22. The van der Waals surface area contributed by atoms with Crippen molar-refractivity contribution >= 4 is 22.2 Å². The van der Waals surface area contributed by atoms with Crippen LogP contribution in [0.4, 0.5) is 13.2 Å². The predicted molar refractivity (Wildman–Crippen MR) is 122 cm³/mol. The average molecular weight is 534 g/mol. The van der Waals surface area contributed by atoms with Crippen molar-refractivity contribution in [3.8, 4) is 5.75 Å². The number of rotatable bonds is 8. The van der Waals surface area contributed by atoms with Crippen LogP contribution in [0.3, 0.4) is 0 Å². The van der Waals surface area contributed by atoms with Gasteiger partial charge in [-0.3, -0.25) is 9.78 Å². The highest BCUT2D eigenvalue weighted by Crippen LogP contribution is 2.49. The number of hydrogen-bond donors (Lipinski definition) is 0. The van der Waals surface area contributed by atoms with E-state index in [1.807, 2.05) is 13.0 Å². The standard InChI is InChI=1S/C24H30F3NO7S/c1-3-8-23(32-9-10-33-23)13-16-11-17(21-15(2)34-22(29)20(21)12-16)4-5-18-6-7-19(14-28-18)35-36(30,31)24(25,26)27/h4-7,14-17,20-21H,3,8-13H2,1-2H3/b5-4+/t15-,16-,17+,20-,21+/m1/s1. The van der Waals surface area contributed by atoms with Crippen LogP contribution in [0.5, 0.6) is 5.75 Å². The summed E-state index contributed by atoms with van der Waals surface area (Å²) < 4.78 is 81.5. The lowest BCUT2D eigenvalue weighted by atomic mass is 9.65. The minimum Gasteiger partial charge on any atom is -0.462 e. The van der Waals surface area contributed by atoms with Crippen LogP contribution < -0.4 is 4.18 Å². The molecule has 0 bridgehead atoms. The molecule has 1 aromatic heterocycles. The molecule has 1 aliphatic carbocycles. The van der Waals surface area contributed by atoms with Gasteiger partial charge in [0.2, 0.25) is 0 Å². The number of allylic oxidation sites excluding steroid dienone is 1. The second kappa shape index (κ2) is 10.3. The minimum atomic E-state index is -5.76. The van der Waals surface area contributed by atoms with Gasteiger partial charge in [0.1, 0.15) is 6.10 Å². The van der Waals surface area contributed by atoms with Gasteiger partial charge in [-0.05, 0) is 49.8 Å². The molecule has 1 saturated carbocycles. The van der Waals surface area contributed by atoms with Gasteiger partial charge < -0.3 is 18.4 Å². The van der Waals surface area contributed by atoms with Gasteiger partial charge in [-0.25, -0.2) is 0 Å². The van der Waals surface area contributed by atoms with E-state index in [4.69, 9.17) is 14.2 Å². The van der Waals surface area contributed by atoms with E-state index < -0.39 is 27.2 Å². The first-order valence-corrected chi connectivity index (χ1v) is 13.5. The van der Waals surface area contributed by atoms with Gasteiger partial charge in [-0.2, -0.15) is 21.6 Å². The van der Waals surface area contributed by atoms with E-state index >= 15 is 0 Å². The minimum absolute atomic E-state index is 0.00128. The second-order valence-electron chi connectivity index (χ2n) is 9.65. The van der Waals surface area contributed by atoms with E-state index in [1.54, 1.807) is 6.08 Å². The molecule has 2 saturated heterocycles. The number of nitrogens with zero attached hydrogens (tertiary/aromatic N) is 1. The van der Waals surface area contributed by atoms with Crippen LogP contribution in [0.15, 0.2) is 24.4 Å². The lowest BCUT2D eigenvalue weighted by Crippen LogP contribution is -2.39. The summed E-state index contributed by atoms with van der Waals surface area (Å²) in [7, 11) is -5.76. The molecule has 0 radical (unpaired) electrons. The lowest BCUT2D eigenvalue weighted by molar-refractivity contribution is -0.179. The number of carbonyl (C=O) groups excluding carboxylic acids is 1. The van der Waals surface area contributed by atoms with Gasteiger partial charge >= 0.3 is 21.6 Å². The Morgan fingerprint density at radius 2 is 1.94 bits per heavy atom. The molecular formula is C24H30F3NO7S. The summed E-state index contributed by atoms with van der Waals surface area (Å²) in [6, 6.07) is 2.47. The zero-order valence-corrected chi connectivity index (χ0v) is 20.9. The largest absolute Gasteiger partial charge is 0.534 e. The van der Waals surface area contributed by atoms with Crippen molar-refractivity contribution in [1.29, 1.82) is 0 Å². The van der Waals surface area contributed by atoms with Crippen molar-refractivity contribution in [1.82, 2.24) is 4.98 Å². The number of halogens is 3. The first kappa shape index (κ1) is 26.9. The smallest absolute Gasteiger partial charge is 0.462 e. The number of alkyl halides is 3. The first-order valence-electron chi connectivity index (χ1n) is 12.1. The molecule has 8 nitrogen and oxygen atoms in total. The van der Waals surface area contributed by atoms with Gasteiger partial charge in [0, 0.05) is 18.8 Å². The highest BCUT2D eigenvalue weighted by molar-refractivity contribution is 7.88. The number of fused-ring (bicyclic) bond motifs is 1. The molecule has 3 heterocycles. The summed E-state index contributed by atoms with van der Waals surface area (Å²) in [5.74, 6) is -1.41. The number of cyclic esters (lactones) is 1. The predicted octanol–water partition coefficient (Wildman–Crippen LogP) is 4.46. The van der Waals surface area contributed by atoms with Crippen LogP contribution in [0.25, 0.3) is 6.08 Å². The Bertz CT molecular complexity index is 1070. The van der Waals surface area contributed by atoms with Crippen LogP contribution in [-0.4, -0.2) is 50.0 Å².